The molecule has 0 spiro atoms. The van der Waals surface area contributed by atoms with E-state index in [1.807, 2.05) is 19.0 Å². The second kappa shape index (κ2) is 11.5. The van der Waals surface area contributed by atoms with Crippen molar-refractivity contribution in [1.29, 1.82) is 0 Å². The lowest BCUT2D eigenvalue weighted by molar-refractivity contribution is 0.343. The van der Waals surface area contributed by atoms with Gasteiger partial charge in [-0.15, -0.1) is 0 Å². The van der Waals surface area contributed by atoms with E-state index in [0.717, 1.165) is 47.4 Å². The smallest absolute Gasteiger partial charge is 0.139 e. The highest BCUT2D eigenvalue weighted by Crippen LogP contribution is 2.43. The van der Waals surface area contributed by atoms with Crippen LogP contribution in [0.3, 0.4) is 0 Å². The molecule has 194 valence electrons. The minimum absolute atomic E-state index is 0.244. The Morgan fingerprint density at radius 1 is 1.14 bits per heavy atom. The summed E-state index contributed by atoms with van der Waals surface area (Å²) in [6.07, 6.45) is 4.43. The van der Waals surface area contributed by atoms with Gasteiger partial charge >= 0.3 is 0 Å². The fourth-order valence-electron chi connectivity index (χ4n) is 5.16. The van der Waals surface area contributed by atoms with Gasteiger partial charge in [0.05, 0.1) is 5.69 Å². The van der Waals surface area contributed by atoms with Crippen LogP contribution in [-0.4, -0.2) is 37.7 Å². The first-order valence-electron chi connectivity index (χ1n) is 12.7. The third kappa shape index (κ3) is 5.55. The van der Waals surface area contributed by atoms with Gasteiger partial charge in [-0.25, -0.2) is 8.70 Å². The first-order valence-corrected chi connectivity index (χ1v) is 14.7. The monoisotopic (exact) mass is 535 g/mol. The van der Waals surface area contributed by atoms with E-state index in [1.54, 1.807) is 24.1 Å². The van der Waals surface area contributed by atoms with Gasteiger partial charge < -0.3 is 14.0 Å². The van der Waals surface area contributed by atoms with Crippen molar-refractivity contribution < 1.29 is 8.81 Å². The van der Waals surface area contributed by atoms with Crippen molar-refractivity contribution in [3.8, 4) is 11.3 Å². The SMILES string of the molecule is CNCc1c(-c2ccc(F)cc2)oc2cc(N(C)SC)c([C@@H]3CCCN(Sc4ccccc4C)C3)cc12. The number of aryl methyl sites for hydroxylation is 1. The van der Waals surface area contributed by atoms with Crippen LogP contribution in [0.5, 0.6) is 0 Å². The van der Waals surface area contributed by atoms with Crippen LogP contribution in [0.4, 0.5) is 10.1 Å². The second-order valence-corrected chi connectivity index (χ2v) is 11.7. The summed E-state index contributed by atoms with van der Waals surface area (Å²) in [7, 11) is 4.07. The molecule has 4 nitrogen and oxygen atoms in total. The maximum absolute atomic E-state index is 13.6. The maximum atomic E-state index is 13.6. The van der Waals surface area contributed by atoms with E-state index in [1.165, 1.54) is 40.3 Å². The number of halogens is 1. The number of anilines is 1. The molecular formula is C30H34FN3OS2. The van der Waals surface area contributed by atoms with E-state index in [2.05, 4.69) is 70.6 Å². The molecule has 1 N–H and O–H groups in total. The summed E-state index contributed by atoms with van der Waals surface area (Å²) in [4.78, 5) is 1.33. The van der Waals surface area contributed by atoms with Crippen molar-refractivity contribution in [2.45, 2.75) is 37.1 Å². The molecule has 0 radical (unpaired) electrons. The Kier molecular flexibility index (Phi) is 8.15. The van der Waals surface area contributed by atoms with Gasteiger partial charge in [-0.05, 0) is 92.2 Å². The van der Waals surface area contributed by atoms with E-state index in [0.29, 0.717) is 12.5 Å². The van der Waals surface area contributed by atoms with Crippen LogP contribution in [0.2, 0.25) is 0 Å². The summed E-state index contributed by atoms with van der Waals surface area (Å²) in [5, 5.41) is 4.44. The summed E-state index contributed by atoms with van der Waals surface area (Å²) in [5.41, 5.74) is 6.76. The Morgan fingerprint density at radius 3 is 2.65 bits per heavy atom. The highest BCUT2D eigenvalue weighted by molar-refractivity contribution is 7.99. The standard InChI is InChI=1S/C30H34FN3OS2/c1-20-8-5-6-10-29(20)37-34-15-7-9-22(19-34)24-16-25-26(18-32-2)30(21-11-13-23(31)14-12-21)35-28(25)17-27(24)33(3)36-4/h5-6,8,10-14,16-17,22,32H,7,9,15,18-19H2,1-4H3/t22-/m1/s1. The Labute approximate surface area is 227 Å². The van der Waals surface area contributed by atoms with Crippen molar-refractivity contribution in [1.82, 2.24) is 9.62 Å². The van der Waals surface area contributed by atoms with Crippen LogP contribution in [0.15, 0.2) is 70.0 Å². The maximum Gasteiger partial charge on any atom is 0.139 e. The van der Waals surface area contributed by atoms with Crippen molar-refractivity contribution in [2.24, 2.45) is 0 Å². The second-order valence-electron chi connectivity index (χ2n) is 9.62. The predicted octanol–water partition coefficient (Wildman–Crippen LogP) is 7.87. The topological polar surface area (TPSA) is 31.7 Å². The number of benzene rings is 3. The van der Waals surface area contributed by atoms with Crippen LogP contribution in [0.25, 0.3) is 22.3 Å². The fourth-order valence-corrected chi connectivity index (χ4v) is 6.62. The zero-order chi connectivity index (χ0) is 25.9. The van der Waals surface area contributed by atoms with Gasteiger partial charge in [-0.2, -0.15) is 0 Å². The summed E-state index contributed by atoms with van der Waals surface area (Å²) < 4.78 is 24.8. The van der Waals surface area contributed by atoms with Crippen LogP contribution in [0.1, 0.15) is 35.4 Å². The van der Waals surface area contributed by atoms with Crippen molar-refractivity contribution in [3.05, 3.63) is 83.2 Å². The van der Waals surface area contributed by atoms with Crippen LogP contribution in [-0.2, 0) is 6.54 Å². The Bertz CT molecular complexity index is 1370. The van der Waals surface area contributed by atoms with Crippen molar-refractivity contribution in [2.75, 3.05) is 37.7 Å². The van der Waals surface area contributed by atoms with Gasteiger partial charge in [0.2, 0.25) is 0 Å². The molecule has 2 heterocycles. The normalized spacial score (nSPS) is 16.4. The molecule has 1 aliphatic rings. The summed E-state index contributed by atoms with van der Waals surface area (Å²) in [6, 6.07) is 19.8. The van der Waals surface area contributed by atoms with E-state index in [-0.39, 0.29) is 5.82 Å². The lowest BCUT2D eigenvalue weighted by atomic mass is 9.89. The largest absolute Gasteiger partial charge is 0.456 e. The number of hydrogen-bond donors (Lipinski definition) is 1. The molecular weight excluding hydrogens is 501 g/mol. The Morgan fingerprint density at radius 2 is 1.92 bits per heavy atom. The summed E-state index contributed by atoms with van der Waals surface area (Å²) in [5.74, 6) is 0.983. The average Bonchev–Trinajstić information content (AvgIpc) is 3.27. The first kappa shape index (κ1) is 26.2. The third-order valence-electron chi connectivity index (χ3n) is 7.16. The molecule has 7 heteroatoms. The molecule has 0 aliphatic carbocycles. The summed E-state index contributed by atoms with van der Waals surface area (Å²) >= 11 is 3.59. The van der Waals surface area contributed by atoms with Crippen LogP contribution >= 0.6 is 23.9 Å². The lowest BCUT2D eigenvalue weighted by Crippen LogP contribution is -2.30. The molecule has 1 saturated heterocycles. The van der Waals surface area contributed by atoms with Gasteiger partial charge in [-0.3, -0.25) is 0 Å². The summed E-state index contributed by atoms with van der Waals surface area (Å²) in [6.45, 7) is 4.96. The molecule has 1 fully saturated rings. The van der Waals surface area contributed by atoms with E-state index < -0.39 is 0 Å². The van der Waals surface area contributed by atoms with E-state index in [9.17, 15) is 4.39 Å². The quantitative estimate of drug-likeness (QED) is 0.231. The molecule has 3 aromatic carbocycles. The first-order chi connectivity index (χ1) is 18.0. The van der Waals surface area contributed by atoms with Crippen LogP contribution < -0.4 is 9.62 Å². The number of fused-ring (bicyclic) bond motifs is 1. The Balaban J connectivity index is 1.56. The minimum atomic E-state index is -0.244. The molecule has 0 saturated carbocycles. The molecule has 5 rings (SSSR count). The molecule has 1 aromatic heterocycles. The average molecular weight is 536 g/mol. The number of nitrogens with zero attached hydrogens (tertiary/aromatic N) is 2. The molecule has 0 bridgehead atoms. The van der Waals surface area contributed by atoms with Crippen molar-refractivity contribution >= 4 is 40.6 Å². The highest BCUT2D eigenvalue weighted by atomic mass is 32.2. The predicted molar refractivity (Wildman–Crippen MR) is 157 cm³/mol. The Hall–Kier alpha value is -2.45. The molecule has 4 aromatic rings. The van der Waals surface area contributed by atoms with Gasteiger partial charge in [-0.1, -0.05) is 30.1 Å². The number of furan rings is 1. The zero-order valence-corrected chi connectivity index (χ0v) is 23.5. The molecule has 1 aliphatic heterocycles. The molecule has 37 heavy (non-hydrogen) atoms. The number of hydrogen-bond acceptors (Lipinski definition) is 6. The number of rotatable bonds is 8. The lowest BCUT2D eigenvalue weighted by Gasteiger charge is -2.34. The highest BCUT2D eigenvalue weighted by Gasteiger charge is 2.27. The van der Waals surface area contributed by atoms with E-state index in [4.69, 9.17) is 4.42 Å². The molecule has 0 amide bonds. The third-order valence-corrected chi connectivity index (χ3v) is 9.15. The van der Waals surface area contributed by atoms with Gasteiger partial charge in [0, 0.05) is 60.4 Å². The number of nitrogens with one attached hydrogen (secondary N) is 1. The molecule has 1 atom stereocenters. The molecule has 0 unspecified atom stereocenters. The minimum Gasteiger partial charge on any atom is -0.456 e. The number of piperidine rings is 1. The van der Waals surface area contributed by atoms with Gasteiger partial charge in [0.25, 0.3) is 0 Å². The van der Waals surface area contributed by atoms with Gasteiger partial charge in [0.1, 0.15) is 17.2 Å². The van der Waals surface area contributed by atoms with Crippen molar-refractivity contribution in [3.63, 3.8) is 0 Å². The van der Waals surface area contributed by atoms with E-state index >= 15 is 0 Å². The van der Waals surface area contributed by atoms with Crippen LogP contribution in [0, 0.1) is 12.7 Å². The zero-order valence-electron chi connectivity index (χ0n) is 21.9. The van der Waals surface area contributed by atoms with Gasteiger partial charge in [0.15, 0.2) is 0 Å². The fraction of sp³-hybridized carbons (Fsp3) is 0.333.